The van der Waals surface area contributed by atoms with E-state index in [9.17, 15) is 13.2 Å². The Morgan fingerprint density at radius 2 is 1.72 bits per heavy atom. The van der Waals surface area contributed by atoms with Gasteiger partial charge in [-0.05, 0) is 55.0 Å². The zero-order chi connectivity index (χ0) is 17.6. The Bertz CT molecular complexity index is 1040. The number of aromatic amines is 1. The molecular weight excluding hydrogens is 327 g/mol. The number of aromatic nitrogens is 3. The molecule has 4 rings (SSSR count). The van der Waals surface area contributed by atoms with Crippen LogP contribution in [-0.4, -0.2) is 14.8 Å². The Hall–Kier alpha value is -3.02. The molecule has 0 radical (unpaired) electrons. The number of halogens is 3. The first-order chi connectivity index (χ1) is 11.9. The second-order valence-electron chi connectivity index (χ2n) is 5.91. The minimum Gasteiger partial charge on any atom is -0.314 e. The van der Waals surface area contributed by atoms with Crippen LogP contribution in [0, 0.1) is 6.92 Å². The molecule has 0 atom stereocenters. The molecule has 2 aromatic heterocycles. The molecule has 0 spiro atoms. The number of nitrogens with one attached hydrogen (secondary N) is 1. The minimum atomic E-state index is -4.33. The molecule has 4 aromatic rings. The summed E-state index contributed by atoms with van der Waals surface area (Å²) in [6.45, 7) is 1.96. The van der Waals surface area contributed by atoms with Crippen LogP contribution in [-0.2, 0) is 6.18 Å². The zero-order valence-corrected chi connectivity index (χ0v) is 13.3. The molecule has 0 amide bonds. The standard InChI is InChI=1S/C19H14F3N3/c1-12-2-9-18(13-3-6-15(7-4-13)19(20,21)22)25(12)16-8-5-14-11-23-24-17(14)10-16/h2-11H,1H3,(H,23,24). The van der Waals surface area contributed by atoms with Crippen molar-refractivity contribution in [3.8, 4) is 16.9 Å². The van der Waals surface area contributed by atoms with Gasteiger partial charge in [-0.25, -0.2) is 0 Å². The molecule has 2 heterocycles. The van der Waals surface area contributed by atoms with Gasteiger partial charge in [-0.1, -0.05) is 12.1 Å². The van der Waals surface area contributed by atoms with Crippen molar-refractivity contribution in [3.05, 3.63) is 72.1 Å². The predicted molar refractivity (Wildman–Crippen MR) is 90.6 cm³/mol. The van der Waals surface area contributed by atoms with Crippen LogP contribution in [0.4, 0.5) is 13.2 Å². The molecule has 0 unspecified atom stereocenters. The Morgan fingerprint density at radius 1 is 0.960 bits per heavy atom. The SMILES string of the molecule is Cc1ccc(-c2ccc(C(F)(F)F)cc2)n1-c1ccc2cn[nH]c2c1. The lowest BCUT2D eigenvalue weighted by atomic mass is 10.1. The molecule has 6 heteroatoms. The van der Waals surface area contributed by atoms with E-state index in [1.54, 1.807) is 6.20 Å². The largest absolute Gasteiger partial charge is 0.416 e. The summed E-state index contributed by atoms with van der Waals surface area (Å²) in [6.07, 6.45) is -2.58. The van der Waals surface area contributed by atoms with Gasteiger partial charge in [0.15, 0.2) is 0 Å². The number of hydrogen-bond donors (Lipinski definition) is 1. The predicted octanol–water partition coefficient (Wildman–Crippen LogP) is 5.35. The van der Waals surface area contributed by atoms with Gasteiger partial charge in [-0.15, -0.1) is 0 Å². The summed E-state index contributed by atoms with van der Waals surface area (Å²) < 4.78 is 40.3. The third-order valence-electron chi connectivity index (χ3n) is 4.27. The van der Waals surface area contributed by atoms with Crippen LogP contribution in [0.2, 0.25) is 0 Å². The first-order valence-corrected chi connectivity index (χ1v) is 7.73. The van der Waals surface area contributed by atoms with Crippen LogP contribution >= 0.6 is 0 Å². The molecule has 0 bridgehead atoms. The van der Waals surface area contributed by atoms with Crippen molar-refractivity contribution in [1.29, 1.82) is 0 Å². The summed E-state index contributed by atoms with van der Waals surface area (Å²) in [4.78, 5) is 0. The number of fused-ring (bicyclic) bond motifs is 1. The summed E-state index contributed by atoms with van der Waals surface area (Å²) in [5, 5.41) is 7.96. The zero-order valence-electron chi connectivity index (χ0n) is 13.3. The van der Waals surface area contributed by atoms with Crippen molar-refractivity contribution in [2.45, 2.75) is 13.1 Å². The first kappa shape index (κ1) is 15.5. The maximum atomic E-state index is 12.8. The van der Waals surface area contributed by atoms with Crippen molar-refractivity contribution < 1.29 is 13.2 Å². The summed E-state index contributed by atoms with van der Waals surface area (Å²) in [5.41, 5.74) is 3.74. The Morgan fingerprint density at radius 3 is 2.44 bits per heavy atom. The van der Waals surface area contributed by atoms with Gasteiger partial charge in [-0.2, -0.15) is 18.3 Å². The Balaban J connectivity index is 1.82. The van der Waals surface area contributed by atoms with E-state index in [-0.39, 0.29) is 0 Å². The Kier molecular flexibility index (Phi) is 3.42. The highest BCUT2D eigenvalue weighted by molar-refractivity contribution is 5.80. The average Bonchev–Trinajstić information content (AvgIpc) is 3.19. The monoisotopic (exact) mass is 341 g/mol. The molecule has 25 heavy (non-hydrogen) atoms. The van der Waals surface area contributed by atoms with E-state index in [4.69, 9.17) is 0 Å². The van der Waals surface area contributed by atoms with E-state index in [0.29, 0.717) is 0 Å². The summed E-state index contributed by atoms with van der Waals surface area (Å²) in [6, 6.07) is 15.0. The van der Waals surface area contributed by atoms with Crippen LogP contribution in [0.3, 0.4) is 0 Å². The van der Waals surface area contributed by atoms with Crippen molar-refractivity contribution >= 4 is 10.9 Å². The van der Waals surface area contributed by atoms with Gasteiger partial charge in [0, 0.05) is 16.8 Å². The lowest BCUT2D eigenvalue weighted by Gasteiger charge is -2.13. The number of H-pyrrole nitrogens is 1. The van der Waals surface area contributed by atoms with Crippen molar-refractivity contribution in [2.75, 3.05) is 0 Å². The van der Waals surface area contributed by atoms with Gasteiger partial charge in [0.1, 0.15) is 0 Å². The van der Waals surface area contributed by atoms with E-state index in [1.807, 2.05) is 41.8 Å². The van der Waals surface area contributed by atoms with Gasteiger partial charge in [-0.3, -0.25) is 5.10 Å². The molecule has 0 aliphatic carbocycles. The van der Waals surface area contributed by atoms with Gasteiger partial charge in [0.25, 0.3) is 0 Å². The van der Waals surface area contributed by atoms with Gasteiger partial charge in [0.05, 0.1) is 23.0 Å². The van der Waals surface area contributed by atoms with E-state index >= 15 is 0 Å². The number of rotatable bonds is 2. The molecule has 0 aliphatic heterocycles. The van der Waals surface area contributed by atoms with E-state index in [2.05, 4.69) is 10.2 Å². The van der Waals surface area contributed by atoms with E-state index in [1.165, 1.54) is 12.1 Å². The number of benzene rings is 2. The van der Waals surface area contributed by atoms with Gasteiger partial charge >= 0.3 is 6.18 Å². The summed E-state index contributed by atoms with van der Waals surface area (Å²) in [5.74, 6) is 0. The molecule has 0 aliphatic rings. The second kappa shape index (κ2) is 5.51. The van der Waals surface area contributed by atoms with Crippen LogP contribution in [0.5, 0.6) is 0 Å². The first-order valence-electron chi connectivity index (χ1n) is 7.73. The number of hydrogen-bond acceptors (Lipinski definition) is 1. The quantitative estimate of drug-likeness (QED) is 0.524. The second-order valence-corrected chi connectivity index (χ2v) is 5.91. The molecule has 3 nitrogen and oxygen atoms in total. The number of aryl methyl sites for hydroxylation is 1. The smallest absolute Gasteiger partial charge is 0.314 e. The number of alkyl halides is 3. The van der Waals surface area contributed by atoms with Crippen LogP contribution in [0.25, 0.3) is 27.8 Å². The molecule has 2 aromatic carbocycles. The van der Waals surface area contributed by atoms with Crippen molar-refractivity contribution in [2.24, 2.45) is 0 Å². The molecular formula is C19H14F3N3. The summed E-state index contributed by atoms with van der Waals surface area (Å²) >= 11 is 0. The minimum absolute atomic E-state index is 0.648. The summed E-state index contributed by atoms with van der Waals surface area (Å²) in [7, 11) is 0. The third kappa shape index (κ3) is 2.69. The van der Waals surface area contributed by atoms with Crippen LogP contribution in [0.15, 0.2) is 60.8 Å². The van der Waals surface area contributed by atoms with Crippen molar-refractivity contribution in [3.63, 3.8) is 0 Å². The molecule has 0 saturated carbocycles. The molecule has 0 saturated heterocycles. The fraction of sp³-hybridized carbons (Fsp3) is 0.105. The lowest BCUT2D eigenvalue weighted by Crippen LogP contribution is -2.04. The highest BCUT2D eigenvalue weighted by Gasteiger charge is 2.30. The normalized spacial score (nSPS) is 12.0. The van der Waals surface area contributed by atoms with Crippen LogP contribution < -0.4 is 0 Å². The average molecular weight is 341 g/mol. The molecule has 1 N–H and O–H groups in total. The van der Waals surface area contributed by atoms with E-state index < -0.39 is 11.7 Å². The topological polar surface area (TPSA) is 33.6 Å². The lowest BCUT2D eigenvalue weighted by molar-refractivity contribution is -0.137. The maximum Gasteiger partial charge on any atom is 0.416 e. The molecule has 126 valence electrons. The van der Waals surface area contributed by atoms with Crippen LogP contribution in [0.1, 0.15) is 11.3 Å². The Labute approximate surface area is 141 Å². The highest BCUT2D eigenvalue weighted by Crippen LogP contribution is 2.32. The highest BCUT2D eigenvalue weighted by atomic mass is 19.4. The van der Waals surface area contributed by atoms with Gasteiger partial charge < -0.3 is 4.57 Å². The number of nitrogens with zero attached hydrogens (tertiary/aromatic N) is 2. The van der Waals surface area contributed by atoms with E-state index in [0.717, 1.165) is 45.7 Å². The van der Waals surface area contributed by atoms with Gasteiger partial charge in [0.2, 0.25) is 0 Å². The molecule has 0 fully saturated rings. The fourth-order valence-corrected chi connectivity index (χ4v) is 3.00. The third-order valence-corrected chi connectivity index (χ3v) is 4.27. The maximum absolute atomic E-state index is 12.8. The fourth-order valence-electron chi connectivity index (χ4n) is 3.00. The van der Waals surface area contributed by atoms with Crippen molar-refractivity contribution in [1.82, 2.24) is 14.8 Å².